The highest BCUT2D eigenvalue weighted by atomic mass is 79.9. The molecule has 0 aliphatic heterocycles. The summed E-state index contributed by atoms with van der Waals surface area (Å²) in [6.45, 7) is 0. The molecular weight excluding hydrogens is 304 g/mol. The Morgan fingerprint density at radius 1 is 1.29 bits per heavy atom. The molecule has 2 rings (SSSR count). The van der Waals surface area contributed by atoms with Crippen molar-refractivity contribution in [1.29, 1.82) is 5.26 Å². The zero-order valence-electron chi connectivity index (χ0n) is 8.48. The van der Waals surface area contributed by atoms with Crippen LogP contribution in [0.15, 0.2) is 35.1 Å². The van der Waals surface area contributed by atoms with Gasteiger partial charge in [-0.05, 0) is 18.2 Å². The standard InChI is InChI=1S/C11H6BrClN4/c12-8-2-1-7(5-14)9(3-8)17-11-4-10(13)15-6-16-11/h1-4,6H,(H,15,16,17). The van der Waals surface area contributed by atoms with Gasteiger partial charge in [0.1, 0.15) is 23.4 Å². The summed E-state index contributed by atoms with van der Waals surface area (Å²) >= 11 is 9.10. The number of nitrogens with one attached hydrogen (secondary N) is 1. The molecule has 1 aromatic heterocycles. The molecule has 2 aromatic rings. The molecule has 6 heteroatoms. The summed E-state index contributed by atoms with van der Waals surface area (Å²) in [4.78, 5) is 7.79. The van der Waals surface area contributed by atoms with Gasteiger partial charge in [0.25, 0.3) is 0 Å². The van der Waals surface area contributed by atoms with E-state index in [2.05, 4.69) is 37.3 Å². The Morgan fingerprint density at radius 3 is 2.82 bits per heavy atom. The number of hydrogen-bond acceptors (Lipinski definition) is 4. The van der Waals surface area contributed by atoms with Crippen molar-refractivity contribution in [2.24, 2.45) is 0 Å². The Hall–Kier alpha value is -1.64. The Kier molecular flexibility index (Phi) is 3.57. The maximum Gasteiger partial charge on any atom is 0.135 e. The first-order chi connectivity index (χ1) is 8.19. The third kappa shape index (κ3) is 2.93. The molecule has 0 atom stereocenters. The Bertz CT molecular complexity index is 594. The van der Waals surface area contributed by atoms with Crippen molar-refractivity contribution in [2.45, 2.75) is 0 Å². The van der Waals surface area contributed by atoms with E-state index in [1.54, 1.807) is 24.3 Å². The van der Waals surface area contributed by atoms with Crippen LogP contribution in [0.1, 0.15) is 5.56 Å². The minimum atomic E-state index is 0.344. The van der Waals surface area contributed by atoms with Crippen LogP contribution in [0.3, 0.4) is 0 Å². The SMILES string of the molecule is N#Cc1ccc(Br)cc1Nc1cc(Cl)ncn1. The van der Waals surface area contributed by atoms with E-state index in [4.69, 9.17) is 16.9 Å². The molecule has 0 saturated carbocycles. The molecule has 0 bridgehead atoms. The Labute approximate surface area is 111 Å². The number of anilines is 2. The van der Waals surface area contributed by atoms with Crippen molar-refractivity contribution in [2.75, 3.05) is 5.32 Å². The van der Waals surface area contributed by atoms with Gasteiger partial charge >= 0.3 is 0 Å². The summed E-state index contributed by atoms with van der Waals surface area (Å²) in [6.07, 6.45) is 1.36. The Balaban J connectivity index is 2.36. The molecule has 0 saturated heterocycles. The van der Waals surface area contributed by atoms with Gasteiger partial charge in [-0.15, -0.1) is 0 Å². The summed E-state index contributed by atoms with van der Waals surface area (Å²) in [5.41, 5.74) is 1.19. The quantitative estimate of drug-likeness (QED) is 0.862. The molecule has 0 aliphatic rings. The molecule has 0 radical (unpaired) electrons. The Morgan fingerprint density at radius 2 is 2.12 bits per heavy atom. The summed E-state index contributed by atoms with van der Waals surface area (Å²) < 4.78 is 0.874. The van der Waals surface area contributed by atoms with Gasteiger partial charge in [-0.1, -0.05) is 27.5 Å². The average Bonchev–Trinajstić information content (AvgIpc) is 2.29. The zero-order valence-corrected chi connectivity index (χ0v) is 10.8. The topological polar surface area (TPSA) is 61.6 Å². The molecule has 1 N–H and O–H groups in total. The second-order valence-electron chi connectivity index (χ2n) is 3.15. The van der Waals surface area contributed by atoms with E-state index in [1.165, 1.54) is 6.33 Å². The average molecular weight is 310 g/mol. The minimum Gasteiger partial charge on any atom is -0.339 e. The van der Waals surface area contributed by atoms with Crippen LogP contribution in [-0.4, -0.2) is 9.97 Å². The van der Waals surface area contributed by atoms with E-state index in [0.29, 0.717) is 22.2 Å². The molecule has 0 spiro atoms. The van der Waals surface area contributed by atoms with E-state index in [-0.39, 0.29) is 0 Å². The first kappa shape index (κ1) is 11.8. The fraction of sp³-hybridized carbons (Fsp3) is 0. The third-order valence-corrected chi connectivity index (χ3v) is 2.70. The second-order valence-corrected chi connectivity index (χ2v) is 4.46. The molecule has 1 aromatic carbocycles. The van der Waals surface area contributed by atoms with Gasteiger partial charge < -0.3 is 5.32 Å². The lowest BCUT2D eigenvalue weighted by Gasteiger charge is -2.07. The minimum absolute atomic E-state index is 0.344. The summed E-state index contributed by atoms with van der Waals surface area (Å²) in [6, 6.07) is 9.00. The van der Waals surface area contributed by atoms with Crippen LogP contribution in [-0.2, 0) is 0 Å². The van der Waals surface area contributed by atoms with Crippen molar-refractivity contribution in [3.63, 3.8) is 0 Å². The smallest absolute Gasteiger partial charge is 0.135 e. The van der Waals surface area contributed by atoms with Gasteiger partial charge in [0, 0.05) is 10.5 Å². The first-order valence-electron chi connectivity index (χ1n) is 4.63. The lowest BCUT2D eigenvalue weighted by Crippen LogP contribution is -1.96. The number of benzene rings is 1. The number of nitriles is 1. The van der Waals surface area contributed by atoms with Gasteiger partial charge in [0.15, 0.2) is 0 Å². The van der Waals surface area contributed by atoms with Crippen LogP contribution in [0.2, 0.25) is 5.15 Å². The van der Waals surface area contributed by atoms with Crippen molar-refractivity contribution in [3.8, 4) is 6.07 Å². The second kappa shape index (κ2) is 5.13. The molecule has 0 amide bonds. The van der Waals surface area contributed by atoms with Crippen LogP contribution >= 0.6 is 27.5 Å². The van der Waals surface area contributed by atoms with Crippen LogP contribution in [0, 0.1) is 11.3 Å². The summed E-state index contributed by atoms with van der Waals surface area (Å²) in [5, 5.41) is 12.3. The normalized spacial score (nSPS) is 9.71. The largest absolute Gasteiger partial charge is 0.339 e. The summed E-state index contributed by atoms with van der Waals surface area (Å²) in [5.74, 6) is 0.541. The zero-order chi connectivity index (χ0) is 12.3. The van der Waals surface area contributed by atoms with Gasteiger partial charge in [0.05, 0.1) is 11.3 Å². The molecule has 84 valence electrons. The van der Waals surface area contributed by atoms with E-state index in [9.17, 15) is 0 Å². The molecule has 0 aliphatic carbocycles. The van der Waals surface area contributed by atoms with Gasteiger partial charge in [-0.2, -0.15) is 5.26 Å². The predicted octanol–water partition coefficient (Wildman–Crippen LogP) is 3.51. The fourth-order valence-electron chi connectivity index (χ4n) is 1.26. The lowest BCUT2D eigenvalue weighted by molar-refractivity contribution is 1.17. The number of aromatic nitrogens is 2. The molecule has 0 unspecified atom stereocenters. The number of hydrogen-bond donors (Lipinski definition) is 1. The van der Waals surface area contributed by atoms with E-state index in [1.807, 2.05) is 0 Å². The number of rotatable bonds is 2. The van der Waals surface area contributed by atoms with E-state index >= 15 is 0 Å². The third-order valence-electron chi connectivity index (χ3n) is 2.00. The highest BCUT2D eigenvalue weighted by Crippen LogP contribution is 2.24. The van der Waals surface area contributed by atoms with Crippen molar-refractivity contribution in [1.82, 2.24) is 9.97 Å². The molecule has 17 heavy (non-hydrogen) atoms. The predicted molar refractivity (Wildman–Crippen MR) is 69.2 cm³/mol. The maximum atomic E-state index is 8.98. The van der Waals surface area contributed by atoms with Gasteiger partial charge in [-0.25, -0.2) is 9.97 Å². The summed E-state index contributed by atoms with van der Waals surface area (Å²) in [7, 11) is 0. The molecular formula is C11H6BrClN4. The van der Waals surface area contributed by atoms with Crippen molar-refractivity contribution in [3.05, 3.63) is 45.8 Å². The number of halogens is 2. The number of nitrogens with zero attached hydrogens (tertiary/aromatic N) is 3. The molecule has 4 nitrogen and oxygen atoms in total. The molecule has 1 heterocycles. The van der Waals surface area contributed by atoms with Crippen LogP contribution in [0.25, 0.3) is 0 Å². The van der Waals surface area contributed by atoms with Crippen LogP contribution in [0.4, 0.5) is 11.5 Å². The van der Waals surface area contributed by atoms with E-state index < -0.39 is 0 Å². The fourth-order valence-corrected chi connectivity index (χ4v) is 1.77. The highest BCUT2D eigenvalue weighted by molar-refractivity contribution is 9.10. The van der Waals surface area contributed by atoms with Gasteiger partial charge in [0.2, 0.25) is 0 Å². The first-order valence-corrected chi connectivity index (χ1v) is 5.80. The van der Waals surface area contributed by atoms with Crippen molar-refractivity contribution >= 4 is 39.0 Å². The van der Waals surface area contributed by atoms with Crippen molar-refractivity contribution < 1.29 is 0 Å². The van der Waals surface area contributed by atoms with Crippen LogP contribution in [0.5, 0.6) is 0 Å². The lowest BCUT2D eigenvalue weighted by atomic mass is 10.2. The van der Waals surface area contributed by atoms with E-state index in [0.717, 1.165) is 4.47 Å². The maximum absolute atomic E-state index is 8.98. The highest BCUT2D eigenvalue weighted by Gasteiger charge is 2.04. The van der Waals surface area contributed by atoms with Crippen LogP contribution < -0.4 is 5.32 Å². The monoisotopic (exact) mass is 308 g/mol. The molecule has 0 fully saturated rings. The van der Waals surface area contributed by atoms with Gasteiger partial charge in [-0.3, -0.25) is 0 Å².